The molecule has 0 radical (unpaired) electrons. The highest BCUT2D eigenvalue weighted by atomic mass is 32.1. The average molecular weight is 536 g/mol. The van der Waals surface area contributed by atoms with E-state index in [1.807, 2.05) is 6.07 Å². The Labute approximate surface area is 223 Å². The Hall–Kier alpha value is -2.63. The standard InChI is InChI=1S/C26H37N3O7S/c1-26(2,37)11-12-27-28-22-5-3-4-19-18-20(6-7-21(19)22)35-17-16-34-15-14-33-13-10-25(32)36-29-23(30)8-9-24(29)31/h6-7,18,27,37H,3-5,8-17H2,1-2H3/b28-22+. The van der Waals surface area contributed by atoms with Crippen molar-refractivity contribution in [2.75, 3.05) is 39.6 Å². The minimum atomic E-state index is -0.685. The first-order valence-electron chi connectivity index (χ1n) is 12.7. The molecule has 3 rings (SSSR count). The quantitative estimate of drug-likeness (QED) is 0.152. The number of hydrazone groups is 1. The molecule has 1 fully saturated rings. The molecule has 37 heavy (non-hydrogen) atoms. The second-order valence-electron chi connectivity index (χ2n) is 9.57. The van der Waals surface area contributed by atoms with Crippen molar-refractivity contribution in [1.82, 2.24) is 10.5 Å². The zero-order valence-corrected chi connectivity index (χ0v) is 22.5. The molecule has 2 amide bonds. The predicted octanol–water partition coefficient (Wildman–Crippen LogP) is 2.82. The molecule has 0 bridgehead atoms. The Morgan fingerprint density at radius 2 is 1.73 bits per heavy atom. The van der Waals surface area contributed by atoms with Crippen molar-refractivity contribution in [2.45, 2.75) is 63.5 Å². The molecule has 1 aromatic carbocycles. The van der Waals surface area contributed by atoms with Crippen molar-refractivity contribution in [3.05, 3.63) is 29.3 Å². The molecule has 1 aliphatic heterocycles. The van der Waals surface area contributed by atoms with Gasteiger partial charge in [0.15, 0.2) is 0 Å². The van der Waals surface area contributed by atoms with Gasteiger partial charge in [-0.25, -0.2) is 4.79 Å². The van der Waals surface area contributed by atoms with Gasteiger partial charge in [0.1, 0.15) is 12.4 Å². The van der Waals surface area contributed by atoms with Crippen LogP contribution in [0, 0.1) is 0 Å². The molecular weight excluding hydrogens is 498 g/mol. The van der Waals surface area contributed by atoms with E-state index in [4.69, 9.17) is 19.0 Å². The highest BCUT2D eigenvalue weighted by Crippen LogP contribution is 2.26. The number of nitrogens with zero attached hydrogens (tertiary/aromatic N) is 2. The first-order chi connectivity index (χ1) is 17.7. The molecule has 1 saturated heterocycles. The maximum absolute atomic E-state index is 11.7. The fourth-order valence-electron chi connectivity index (χ4n) is 3.86. The first-order valence-corrected chi connectivity index (χ1v) is 13.2. The van der Waals surface area contributed by atoms with E-state index in [2.05, 4.69) is 49.1 Å². The van der Waals surface area contributed by atoms with Crippen LogP contribution in [0.15, 0.2) is 23.3 Å². The summed E-state index contributed by atoms with van der Waals surface area (Å²) >= 11 is 4.55. The third-order valence-electron chi connectivity index (χ3n) is 5.83. The molecule has 1 heterocycles. The Morgan fingerprint density at radius 3 is 2.46 bits per heavy atom. The van der Waals surface area contributed by atoms with Gasteiger partial charge < -0.3 is 24.5 Å². The van der Waals surface area contributed by atoms with E-state index in [1.165, 1.54) is 11.1 Å². The molecule has 204 valence electrons. The number of thiol groups is 1. The summed E-state index contributed by atoms with van der Waals surface area (Å²) in [6.45, 7) is 6.54. The largest absolute Gasteiger partial charge is 0.491 e. The number of hydroxylamine groups is 2. The molecule has 0 spiro atoms. The van der Waals surface area contributed by atoms with E-state index in [9.17, 15) is 14.4 Å². The molecule has 1 aromatic rings. The maximum atomic E-state index is 11.7. The van der Waals surface area contributed by atoms with E-state index < -0.39 is 17.8 Å². The van der Waals surface area contributed by atoms with Gasteiger partial charge in [-0.15, -0.1) is 5.06 Å². The summed E-state index contributed by atoms with van der Waals surface area (Å²) in [6, 6.07) is 6.11. The number of rotatable bonds is 15. The van der Waals surface area contributed by atoms with Crippen molar-refractivity contribution in [2.24, 2.45) is 5.10 Å². The van der Waals surface area contributed by atoms with E-state index in [0.717, 1.165) is 43.7 Å². The monoisotopic (exact) mass is 535 g/mol. The van der Waals surface area contributed by atoms with E-state index in [1.54, 1.807) is 0 Å². The normalized spacial score (nSPS) is 16.7. The van der Waals surface area contributed by atoms with E-state index >= 15 is 0 Å². The molecule has 1 aliphatic carbocycles. The van der Waals surface area contributed by atoms with Crippen molar-refractivity contribution < 1.29 is 33.4 Å². The van der Waals surface area contributed by atoms with Crippen LogP contribution in [0.2, 0.25) is 0 Å². The summed E-state index contributed by atoms with van der Waals surface area (Å²) in [4.78, 5) is 39.3. The first kappa shape index (κ1) is 28.9. The average Bonchev–Trinajstić information content (AvgIpc) is 3.17. The lowest BCUT2D eigenvalue weighted by Gasteiger charge is -2.20. The minimum absolute atomic E-state index is 0.0173. The number of fused-ring (bicyclic) bond motifs is 1. The lowest BCUT2D eigenvalue weighted by atomic mass is 9.90. The summed E-state index contributed by atoms with van der Waals surface area (Å²) in [6.07, 6.45) is 4.03. The van der Waals surface area contributed by atoms with Gasteiger partial charge in [-0.1, -0.05) is 13.8 Å². The van der Waals surface area contributed by atoms with E-state index in [-0.39, 0.29) is 30.6 Å². The smallest absolute Gasteiger partial charge is 0.335 e. The van der Waals surface area contributed by atoms with Crippen molar-refractivity contribution >= 4 is 36.1 Å². The second kappa shape index (κ2) is 14.3. The summed E-state index contributed by atoms with van der Waals surface area (Å²) < 4.78 is 16.7. The summed E-state index contributed by atoms with van der Waals surface area (Å²) in [7, 11) is 0. The van der Waals surface area contributed by atoms with Crippen LogP contribution in [0.25, 0.3) is 0 Å². The number of hydrogen-bond donors (Lipinski definition) is 2. The van der Waals surface area contributed by atoms with Crippen LogP contribution in [0.5, 0.6) is 5.75 Å². The van der Waals surface area contributed by atoms with Crippen molar-refractivity contribution in [1.29, 1.82) is 0 Å². The van der Waals surface area contributed by atoms with Gasteiger partial charge in [0, 0.05) is 29.7 Å². The van der Waals surface area contributed by atoms with Crippen molar-refractivity contribution in [3.8, 4) is 5.75 Å². The van der Waals surface area contributed by atoms with Gasteiger partial charge in [0.25, 0.3) is 11.8 Å². The SMILES string of the molecule is CC(C)(S)CCN/N=C1\CCCc2cc(OCCOCCOCCC(=O)ON3C(=O)CCC3=O)ccc21. The van der Waals surface area contributed by atoms with Crippen LogP contribution in [0.3, 0.4) is 0 Å². The fourth-order valence-corrected chi connectivity index (χ4v) is 3.97. The number of benzene rings is 1. The van der Waals surface area contributed by atoms with Crippen LogP contribution in [-0.4, -0.2) is 72.9 Å². The Kier molecular flexibility index (Phi) is 11.2. The van der Waals surface area contributed by atoms with Crippen LogP contribution in [0.1, 0.15) is 63.5 Å². The molecular formula is C26H37N3O7S. The number of amides is 2. The molecule has 10 nitrogen and oxygen atoms in total. The van der Waals surface area contributed by atoms with Crippen LogP contribution in [0.4, 0.5) is 0 Å². The molecule has 0 saturated carbocycles. The highest BCUT2D eigenvalue weighted by Gasteiger charge is 2.32. The molecule has 0 atom stereocenters. The number of carbonyl (C=O) groups is 3. The van der Waals surface area contributed by atoms with Gasteiger partial charge in [0.05, 0.1) is 38.6 Å². The van der Waals surface area contributed by atoms with Gasteiger partial charge in [-0.3, -0.25) is 9.59 Å². The lowest BCUT2D eigenvalue weighted by molar-refractivity contribution is -0.198. The molecule has 11 heteroatoms. The number of hydrogen-bond acceptors (Lipinski definition) is 10. The number of aryl methyl sites for hydroxylation is 1. The van der Waals surface area contributed by atoms with Gasteiger partial charge in [-0.05, 0) is 49.4 Å². The van der Waals surface area contributed by atoms with E-state index in [0.29, 0.717) is 31.5 Å². The van der Waals surface area contributed by atoms with Gasteiger partial charge in [0.2, 0.25) is 0 Å². The number of carbonyl (C=O) groups excluding carboxylic acids is 3. The summed E-state index contributed by atoms with van der Waals surface area (Å²) in [5.41, 5.74) is 6.69. The Balaban J connectivity index is 1.26. The molecule has 0 unspecified atom stereocenters. The number of nitrogens with one attached hydrogen (secondary N) is 1. The highest BCUT2D eigenvalue weighted by molar-refractivity contribution is 7.81. The summed E-state index contributed by atoms with van der Waals surface area (Å²) in [5.74, 6) is -0.879. The lowest BCUT2D eigenvalue weighted by Crippen LogP contribution is -2.32. The van der Waals surface area contributed by atoms with Crippen molar-refractivity contribution in [3.63, 3.8) is 0 Å². The second-order valence-corrected chi connectivity index (χ2v) is 10.8. The van der Waals surface area contributed by atoms with Gasteiger partial charge >= 0.3 is 5.97 Å². The third kappa shape index (κ3) is 9.98. The van der Waals surface area contributed by atoms with Crippen LogP contribution >= 0.6 is 12.6 Å². The maximum Gasteiger partial charge on any atom is 0.335 e. The number of ether oxygens (including phenoxy) is 3. The fraction of sp³-hybridized carbons (Fsp3) is 0.615. The molecule has 2 aliphatic rings. The minimum Gasteiger partial charge on any atom is -0.491 e. The van der Waals surface area contributed by atoms with Gasteiger partial charge in [-0.2, -0.15) is 17.7 Å². The molecule has 0 aromatic heterocycles. The zero-order valence-electron chi connectivity index (χ0n) is 21.6. The topological polar surface area (TPSA) is 116 Å². The molecule has 1 N–H and O–H groups in total. The Morgan fingerprint density at radius 1 is 1.03 bits per heavy atom. The summed E-state index contributed by atoms with van der Waals surface area (Å²) in [5, 5.41) is 5.15. The third-order valence-corrected chi connectivity index (χ3v) is 6.05. The van der Waals surface area contributed by atoms with Crippen LogP contribution < -0.4 is 10.2 Å². The predicted molar refractivity (Wildman–Crippen MR) is 141 cm³/mol. The van der Waals surface area contributed by atoms with Crippen LogP contribution in [-0.2, 0) is 35.1 Å². The Bertz CT molecular complexity index is 961. The number of imide groups is 1. The zero-order chi connectivity index (χ0) is 26.7.